The minimum atomic E-state index is -0.101. The van der Waals surface area contributed by atoms with Crippen LogP contribution in [0.5, 0.6) is 0 Å². The van der Waals surface area contributed by atoms with Gasteiger partial charge in [-0.25, -0.2) is 0 Å². The molecule has 6 heteroatoms. The van der Waals surface area contributed by atoms with Crippen LogP contribution in [-0.4, -0.2) is 27.7 Å². The number of hydrogen-bond donors (Lipinski definition) is 1. The Morgan fingerprint density at radius 1 is 0.969 bits per heavy atom. The third-order valence-corrected chi connectivity index (χ3v) is 5.60. The van der Waals surface area contributed by atoms with E-state index in [1.807, 2.05) is 60.7 Å². The van der Waals surface area contributed by atoms with Crippen molar-refractivity contribution in [2.45, 2.75) is 32.0 Å². The van der Waals surface area contributed by atoms with Gasteiger partial charge in [0.2, 0.25) is 0 Å². The molecule has 0 aliphatic heterocycles. The van der Waals surface area contributed by atoms with E-state index in [0.29, 0.717) is 36.0 Å². The van der Waals surface area contributed by atoms with Gasteiger partial charge in [-0.2, -0.15) is 0 Å². The van der Waals surface area contributed by atoms with E-state index in [1.165, 1.54) is 0 Å². The topological polar surface area (TPSA) is 75.4 Å². The normalized spacial score (nSPS) is 13.1. The van der Waals surface area contributed by atoms with Crippen molar-refractivity contribution in [3.63, 3.8) is 0 Å². The maximum absolute atomic E-state index is 13.6. The first-order valence-electron chi connectivity index (χ1n) is 10.7. The number of rotatable bonds is 7. The molecular formula is C26H23N3O3. The summed E-state index contributed by atoms with van der Waals surface area (Å²) in [6.45, 7) is 0.729. The van der Waals surface area contributed by atoms with Crippen molar-refractivity contribution in [2.75, 3.05) is 0 Å². The molecule has 0 saturated heterocycles. The number of benzene rings is 2. The molecule has 0 radical (unpaired) electrons. The van der Waals surface area contributed by atoms with E-state index in [2.05, 4.69) is 10.3 Å². The summed E-state index contributed by atoms with van der Waals surface area (Å²) in [6, 6.07) is 20.8. The summed E-state index contributed by atoms with van der Waals surface area (Å²) in [4.78, 5) is 32.0. The van der Waals surface area contributed by atoms with Crippen LogP contribution in [0.25, 0.3) is 10.9 Å². The summed E-state index contributed by atoms with van der Waals surface area (Å²) in [5, 5.41) is 3.81. The minimum Gasteiger partial charge on any atom is -0.467 e. The number of nitrogens with zero attached hydrogens (tertiary/aromatic N) is 2. The SMILES string of the molecule is O=C(NC1CC1)c1ccc(CN(Cc2ccco2)C(=O)c2ccnc3ccccc23)cc1. The molecule has 4 aromatic rings. The van der Waals surface area contributed by atoms with Crippen molar-refractivity contribution in [2.24, 2.45) is 0 Å². The highest BCUT2D eigenvalue weighted by atomic mass is 16.3. The standard InChI is InChI=1S/C26H23N3O3/c30-25(28-20-11-12-20)19-9-7-18(8-10-19)16-29(17-21-4-3-15-32-21)26(31)23-13-14-27-24-6-2-1-5-22(23)24/h1-10,13-15,20H,11-12,16-17H2,(H,28,30). The third-order valence-electron chi connectivity index (χ3n) is 5.60. The first-order valence-corrected chi connectivity index (χ1v) is 10.7. The summed E-state index contributed by atoms with van der Waals surface area (Å²) < 4.78 is 5.51. The van der Waals surface area contributed by atoms with E-state index >= 15 is 0 Å². The van der Waals surface area contributed by atoms with Crippen LogP contribution in [0.3, 0.4) is 0 Å². The molecule has 2 amide bonds. The Labute approximate surface area is 185 Å². The van der Waals surface area contributed by atoms with Gasteiger partial charge in [0, 0.05) is 29.7 Å². The number of aromatic nitrogens is 1. The molecule has 2 aromatic heterocycles. The van der Waals surface area contributed by atoms with Crippen LogP contribution < -0.4 is 5.32 Å². The molecule has 1 fully saturated rings. The molecule has 0 spiro atoms. The van der Waals surface area contributed by atoms with Gasteiger partial charge in [-0.3, -0.25) is 14.6 Å². The number of carbonyl (C=O) groups excluding carboxylic acids is 2. The van der Waals surface area contributed by atoms with E-state index in [1.54, 1.807) is 23.4 Å². The number of carbonyl (C=O) groups is 2. The van der Waals surface area contributed by atoms with Crippen LogP contribution in [0.15, 0.2) is 83.6 Å². The van der Waals surface area contributed by atoms with Crippen molar-refractivity contribution in [1.29, 1.82) is 0 Å². The smallest absolute Gasteiger partial charge is 0.255 e. The van der Waals surface area contributed by atoms with Crippen LogP contribution in [0.1, 0.15) is 44.9 Å². The maximum atomic E-state index is 13.6. The zero-order valence-corrected chi connectivity index (χ0v) is 17.5. The highest BCUT2D eigenvalue weighted by Crippen LogP contribution is 2.22. The second-order valence-corrected chi connectivity index (χ2v) is 8.06. The Bertz CT molecular complexity index is 1240. The van der Waals surface area contributed by atoms with Gasteiger partial charge in [-0.15, -0.1) is 0 Å². The van der Waals surface area contributed by atoms with Crippen molar-refractivity contribution < 1.29 is 14.0 Å². The molecule has 1 saturated carbocycles. The van der Waals surface area contributed by atoms with Gasteiger partial charge < -0.3 is 14.6 Å². The van der Waals surface area contributed by atoms with Gasteiger partial charge in [0.15, 0.2) is 0 Å². The number of fused-ring (bicyclic) bond motifs is 1. The van der Waals surface area contributed by atoms with E-state index in [0.717, 1.165) is 29.3 Å². The third kappa shape index (κ3) is 4.39. The molecular weight excluding hydrogens is 402 g/mol. The fourth-order valence-electron chi connectivity index (χ4n) is 3.72. The average molecular weight is 425 g/mol. The van der Waals surface area contributed by atoms with E-state index < -0.39 is 0 Å². The Kier molecular flexibility index (Phi) is 5.42. The molecule has 6 nitrogen and oxygen atoms in total. The highest BCUT2D eigenvalue weighted by molar-refractivity contribution is 6.05. The summed E-state index contributed by atoms with van der Waals surface area (Å²) in [5.74, 6) is 0.554. The number of nitrogens with one attached hydrogen (secondary N) is 1. The molecule has 2 aromatic carbocycles. The first kappa shape index (κ1) is 20.0. The molecule has 1 aliphatic carbocycles. The van der Waals surface area contributed by atoms with Gasteiger partial charge in [0.1, 0.15) is 5.76 Å². The van der Waals surface area contributed by atoms with Crippen LogP contribution in [0.4, 0.5) is 0 Å². The Morgan fingerprint density at radius 3 is 2.53 bits per heavy atom. The fourth-order valence-corrected chi connectivity index (χ4v) is 3.72. The fraction of sp³-hybridized carbons (Fsp3) is 0.192. The van der Waals surface area contributed by atoms with Gasteiger partial charge in [0.25, 0.3) is 11.8 Å². The summed E-state index contributed by atoms with van der Waals surface area (Å²) in [5.41, 5.74) is 2.95. The Balaban J connectivity index is 1.40. The van der Waals surface area contributed by atoms with Gasteiger partial charge in [-0.1, -0.05) is 30.3 Å². The minimum absolute atomic E-state index is 0.0502. The van der Waals surface area contributed by atoms with E-state index in [4.69, 9.17) is 4.42 Å². The molecule has 0 unspecified atom stereocenters. The first-order chi connectivity index (χ1) is 15.7. The zero-order valence-electron chi connectivity index (χ0n) is 17.5. The maximum Gasteiger partial charge on any atom is 0.255 e. The monoisotopic (exact) mass is 425 g/mol. The number of para-hydroxylation sites is 1. The number of hydrogen-bond acceptors (Lipinski definition) is 4. The summed E-state index contributed by atoms with van der Waals surface area (Å²) >= 11 is 0. The lowest BCUT2D eigenvalue weighted by Crippen LogP contribution is -2.30. The molecule has 0 bridgehead atoms. The lowest BCUT2D eigenvalue weighted by Gasteiger charge is -2.23. The molecule has 32 heavy (non-hydrogen) atoms. The van der Waals surface area contributed by atoms with Crippen molar-refractivity contribution in [3.05, 3.63) is 102 Å². The zero-order chi connectivity index (χ0) is 21.9. The number of amides is 2. The van der Waals surface area contributed by atoms with Crippen molar-refractivity contribution >= 4 is 22.7 Å². The van der Waals surface area contributed by atoms with Crippen LogP contribution >= 0.6 is 0 Å². The van der Waals surface area contributed by atoms with Crippen LogP contribution in [0, 0.1) is 0 Å². The quantitative estimate of drug-likeness (QED) is 0.471. The largest absolute Gasteiger partial charge is 0.467 e. The Hall–Kier alpha value is -3.93. The molecule has 0 atom stereocenters. The van der Waals surface area contributed by atoms with E-state index in [-0.39, 0.29) is 11.8 Å². The van der Waals surface area contributed by atoms with Gasteiger partial charge in [0.05, 0.1) is 23.9 Å². The molecule has 160 valence electrons. The predicted molar refractivity (Wildman–Crippen MR) is 121 cm³/mol. The molecule has 2 heterocycles. The molecule has 5 rings (SSSR count). The summed E-state index contributed by atoms with van der Waals surface area (Å²) in [6.07, 6.45) is 5.37. The average Bonchev–Trinajstić information content (AvgIpc) is 3.49. The summed E-state index contributed by atoms with van der Waals surface area (Å²) in [7, 11) is 0. The van der Waals surface area contributed by atoms with Crippen LogP contribution in [0.2, 0.25) is 0 Å². The lowest BCUT2D eigenvalue weighted by atomic mass is 10.1. The second kappa shape index (κ2) is 8.67. The van der Waals surface area contributed by atoms with Gasteiger partial charge >= 0.3 is 0 Å². The van der Waals surface area contributed by atoms with Crippen LogP contribution in [-0.2, 0) is 13.1 Å². The van der Waals surface area contributed by atoms with Crippen molar-refractivity contribution in [1.82, 2.24) is 15.2 Å². The molecule has 1 N–H and O–H groups in total. The van der Waals surface area contributed by atoms with E-state index in [9.17, 15) is 9.59 Å². The second-order valence-electron chi connectivity index (χ2n) is 8.06. The Morgan fingerprint density at radius 2 is 1.78 bits per heavy atom. The predicted octanol–water partition coefficient (Wildman–Crippen LogP) is 4.56. The molecule has 1 aliphatic rings. The highest BCUT2D eigenvalue weighted by Gasteiger charge is 2.24. The van der Waals surface area contributed by atoms with Crippen molar-refractivity contribution in [3.8, 4) is 0 Å². The number of pyridine rings is 1. The number of furan rings is 1. The van der Waals surface area contributed by atoms with Gasteiger partial charge in [-0.05, 0) is 54.8 Å². The lowest BCUT2D eigenvalue weighted by molar-refractivity contribution is 0.0719.